The van der Waals surface area contributed by atoms with Crippen LogP contribution < -0.4 is 4.74 Å². The summed E-state index contributed by atoms with van der Waals surface area (Å²) < 4.78 is 10.2. The van der Waals surface area contributed by atoms with E-state index in [1.165, 1.54) is 0 Å². The largest absolute Gasteiger partial charge is 0.513 e. The van der Waals surface area contributed by atoms with Gasteiger partial charge in [-0.25, -0.2) is 4.79 Å². The van der Waals surface area contributed by atoms with Gasteiger partial charge < -0.3 is 9.47 Å². The molecule has 104 valence electrons. The third-order valence-electron chi connectivity index (χ3n) is 3.25. The first-order valence-electron chi connectivity index (χ1n) is 6.40. The van der Waals surface area contributed by atoms with Gasteiger partial charge in [0.05, 0.1) is 14.7 Å². The highest BCUT2D eigenvalue weighted by Crippen LogP contribution is 2.21. The summed E-state index contributed by atoms with van der Waals surface area (Å²) in [7, 11) is -1.28. The molecule has 0 aromatic heterocycles. The Labute approximate surface area is 116 Å². The van der Waals surface area contributed by atoms with Crippen molar-refractivity contribution in [2.75, 3.05) is 6.61 Å². The summed E-state index contributed by atoms with van der Waals surface area (Å²) in [5.74, 6) is 0.483. The quantitative estimate of drug-likeness (QED) is 0.449. The molecule has 0 heterocycles. The van der Waals surface area contributed by atoms with Crippen LogP contribution in [0.3, 0.4) is 0 Å². The summed E-state index contributed by atoms with van der Waals surface area (Å²) in [5.41, 5.74) is 1.39. The van der Waals surface area contributed by atoms with Crippen molar-refractivity contribution in [1.29, 1.82) is 0 Å². The van der Waals surface area contributed by atoms with Gasteiger partial charge in [0.2, 0.25) is 0 Å². The van der Waals surface area contributed by atoms with Crippen LogP contribution in [0.5, 0.6) is 5.75 Å². The molecule has 1 aromatic rings. The molecule has 0 aliphatic rings. The molecule has 0 N–H and O–H groups in total. The lowest BCUT2D eigenvalue weighted by Crippen LogP contribution is -2.30. The SMILES string of the molecule is C=Cc1ccc(OC(=O)OCC(C)[Si](C)(C)C)cc1. The van der Waals surface area contributed by atoms with Gasteiger partial charge in [0.15, 0.2) is 0 Å². The molecular formula is C15H22O3Si. The minimum absolute atomic E-state index is 0.406. The van der Waals surface area contributed by atoms with Gasteiger partial charge in [-0.15, -0.1) is 0 Å². The maximum absolute atomic E-state index is 11.5. The van der Waals surface area contributed by atoms with Gasteiger partial charge in [-0.05, 0) is 23.2 Å². The highest BCUT2D eigenvalue weighted by molar-refractivity contribution is 6.77. The maximum atomic E-state index is 11.5. The Morgan fingerprint density at radius 1 is 1.32 bits per heavy atom. The van der Waals surface area contributed by atoms with Crippen molar-refractivity contribution in [2.45, 2.75) is 32.1 Å². The third kappa shape index (κ3) is 5.30. The molecule has 0 aliphatic carbocycles. The summed E-state index contributed by atoms with van der Waals surface area (Å²) in [4.78, 5) is 11.5. The standard InChI is InChI=1S/C15H22O3Si/c1-6-13-7-9-14(10-8-13)18-15(16)17-11-12(2)19(3,4)5/h6-10,12H,1,11H2,2-5H3. The first kappa shape index (κ1) is 15.5. The molecule has 1 atom stereocenters. The van der Waals surface area contributed by atoms with Gasteiger partial charge in [0.1, 0.15) is 5.75 Å². The minimum atomic E-state index is -1.28. The van der Waals surface area contributed by atoms with Crippen molar-refractivity contribution in [2.24, 2.45) is 0 Å². The van der Waals surface area contributed by atoms with Crippen molar-refractivity contribution >= 4 is 20.3 Å². The second-order valence-electron chi connectivity index (χ2n) is 5.70. The van der Waals surface area contributed by atoms with E-state index in [1.54, 1.807) is 18.2 Å². The van der Waals surface area contributed by atoms with E-state index >= 15 is 0 Å². The molecule has 19 heavy (non-hydrogen) atoms. The number of ether oxygens (including phenoxy) is 2. The molecule has 0 fully saturated rings. The molecule has 4 heteroatoms. The van der Waals surface area contributed by atoms with Crippen LogP contribution in [0.15, 0.2) is 30.8 Å². The predicted octanol–water partition coefficient (Wildman–Crippen LogP) is 4.57. The first-order valence-corrected chi connectivity index (χ1v) is 9.98. The Morgan fingerprint density at radius 2 is 1.89 bits per heavy atom. The number of hydrogen-bond acceptors (Lipinski definition) is 3. The second-order valence-corrected chi connectivity index (χ2v) is 11.4. The normalized spacial score (nSPS) is 12.6. The number of benzene rings is 1. The Bertz CT molecular complexity index is 432. The van der Waals surface area contributed by atoms with E-state index in [2.05, 4.69) is 33.1 Å². The lowest BCUT2D eigenvalue weighted by atomic mass is 10.2. The van der Waals surface area contributed by atoms with Gasteiger partial charge in [-0.1, -0.05) is 51.4 Å². The molecular weight excluding hydrogens is 256 g/mol. The van der Waals surface area contributed by atoms with Crippen LogP contribution in [-0.4, -0.2) is 20.8 Å². The topological polar surface area (TPSA) is 35.5 Å². The van der Waals surface area contributed by atoms with Gasteiger partial charge in [-0.3, -0.25) is 0 Å². The molecule has 0 bridgehead atoms. The Balaban J connectivity index is 2.44. The Hall–Kier alpha value is -1.55. The fraction of sp³-hybridized carbons (Fsp3) is 0.400. The zero-order valence-corrected chi connectivity index (χ0v) is 13.1. The van der Waals surface area contributed by atoms with Gasteiger partial charge >= 0.3 is 6.16 Å². The lowest BCUT2D eigenvalue weighted by Gasteiger charge is -2.24. The number of carbonyl (C=O) groups excluding carboxylic acids is 1. The summed E-state index contributed by atoms with van der Waals surface area (Å²) in [6, 6.07) is 7.11. The fourth-order valence-corrected chi connectivity index (χ4v) is 1.82. The van der Waals surface area contributed by atoms with Crippen LogP contribution >= 0.6 is 0 Å². The molecule has 1 rings (SSSR count). The number of rotatable bonds is 5. The van der Waals surface area contributed by atoms with Crippen molar-refractivity contribution < 1.29 is 14.3 Å². The van der Waals surface area contributed by atoms with Crippen molar-refractivity contribution in [1.82, 2.24) is 0 Å². The van der Waals surface area contributed by atoms with Crippen LogP contribution in [-0.2, 0) is 4.74 Å². The summed E-state index contributed by atoms with van der Waals surface area (Å²) in [6.45, 7) is 12.9. The molecule has 0 amide bonds. The molecule has 0 radical (unpaired) electrons. The van der Waals surface area contributed by atoms with E-state index in [0.717, 1.165) is 5.56 Å². The highest BCUT2D eigenvalue weighted by Gasteiger charge is 2.23. The van der Waals surface area contributed by atoms with E-state index in [1.807, 2.05) is 12.1 Å². The Kier molecular flexibility index (Phi) is 5.36. The molecule has 1 unspecified atom stereocenters. The van der Waals surface area contributed by atoms with E-state index in [-0.39, 0.29) is 0 Å². The van der Waals surface area contributed by atoms with Crippen molar-refractivity contribution in [3.63, 3.8) is 0 Å². The van der Waals surface area contributed by atoms with E-state index in [0.29, 0.717) is 17.9 Å². The van der Waals surface area contributed by atoms with E-state index in [9.17, 15) is 4.79 Å². The van der Waals surface area contributed by atoms with Crippen molar-refractivity contribution in [3.05, 3.63) is 36.4 Å². The third-order valence-corrected chi connectivity index (χ3v) is 6.37. The molecule has 1 aromatic carbocycles. The molecule has 0 saturated heterocycles. The van der Waals surface area contributed by atoms with Gasteiger partial charge in [-0.2, -0.15) is 0 Å². The zero-order chi connectivity index (χ0) is 14.5. The van der Waals surface area contributed by atoms with E-state index in [4.69, 9.17) is 9.47 Å². The van der Waals surface area contributed by atoms with Crippen LogP contribution in [0.1, 0.15) is 12.5 Å². The monoisotopic (exact) mass is 278 g/mol. The smallest absolute Gasteiger partial charge is 0.434 e. The summed E-state index contributed by atoms with van der Waals surface area (Å²) in [5, 5.41) is 0. The molecule has 0 saturated carbocycles. The lowest BCUT2D eigenvalue weighted by molar-refractivity contribution is 0.0987. The second kappa shape index (κ2) is 6.57. The van der Waals surface area contributed by atoms with Gasteiger partial charge in [0, 0.05) is 0 Å². The van der Waals surface area contributed by atoms with Crippen LogP contribution in [0, 0.1) is 0 Å². The average Bonchev–Trinajstić information content (AvgIpc) is 2.35. The average molecular weight is 278 g/mol. The predicted molar refractivity (Wildman–Crippen MR) is 81.3 cm³/mol. The zero-order valence-electron chi connectivity index (χ0n) is 12.1. The first-order chi connectivity index (χ1) is 8.82. The summed E-state index contributed by atoms with van der Waals surface area (Å²) >= 11 is 0. The summed E-state index contributed by atoms with van der Waals surface area (Å²) in [6.07, 6.45) is 1.09. The van der Waals surface area contributed by atoms with Crippen molar-refractivity contribution in [3.8, 4) is 5.75 Å². The highest BCUT2D eigenvalue weighted by atomic mass is 28.3. The van der Waals surface area contributed by atoms with Crippen LogP contribution in [0.25, 0.3) is 6.08 Å². The number of carbonyl (C=O) groups is 1. The Morgan fingerprint density at radius 3 is 2.37 bits per heavy atom. The van der Waals surface area contributed by atoms with Gasteiger partial charge in [0.25, 0.3) is 0 Å². The van der Waals surface area contributed by atoms with Crippen LogP contribution in [0.2, 0.25) is 25.2 Å². The molecule has 3 nitrogen and oxygen atoms in total. The van der Waals surface area contributed by atoms with Crippen LogP contribution in [0.4, 0.5) is 4.79 Å². The van der Waals surface area contributed by atoms with E-state index < -0.39 is 14.2 Å². The molecule has 0 aliphatic heterocycles. The fourth-order valence-electron chi connectivity index (χ4n) is 1.24. The minimum Gasteiger partial charge on any atom is -0.434 e. The maximum Gasteiger partial charge on any atom is 0.513 e. The molecule has 0 spiro atoms. The number of hydrogen-bond donors (Lipinski definition) is 0.